The van der Waals surface area contributed by atoms with Gasteiger partial charge < -0.3 is 15.3 Å². The predicted molar refractivity (Wildman–Crippen MR) is 85.2 cm³/mol. The molecule has 1 aliphatic heterocycles. The van der Waals surface area contributed by atoms with E-state index in [2.05, 4.69) is 43.1 Å². The van der Waals surface area contributed by atoms with Crippen LogP contribution in [0.3, 0.4) is 0 Å². The average molecular weight is 287 g/mol. The Morgan fingerprint density at radius 1 is 1.43 bits per heavy atom. The van der Waals surface area contributed by atoms with Gasteiger partial charge in [0.25, 0.3) is 0 Å². The number of nitrogens with one attached hydrogen (secondary N) is 1. The lowest BCUT2D eigenvalue weighted by Crippen LogP contribution is -2.38. The summed E-state index contributed by atoms with van der Waals surface area (Å²) in [4.78, 5) is 2.12. The highest BCUT2D eigenvalue weighted by molar-refractivity contribution is 5.60. The number of nitriles is 1. The van der Waals surface area contributed by atoms with Crippen LogP contribution in [0, 0.1) is 11.3 Å². The number of benzene rings is 1. The molecule has 1 aromatic carbocycles. The first-order valence-electron chi connectivity index (χ1n) is 7.60. The van der Waals surface area contributed by atoms with E-state index in [0.29, 0.717) is 12.1 Å². The minimum atomic E-state index is -0.285. The van der Waals surface area contributed by atoms with E-state index in [-0.39, 0.29) is 11.6 Å². The van der Waals surface area contributed by atoms with Gasteiger partial charge >= 0.3 is 0 Å². The van der Waals surface area contributed by atoms with Crippen LogP contribution in [-0.4, -0.2) is 29.8 Å². The Morgan fingerprint density at radius 3 is 2.81 bits per heavy atom. The SMILES string of the molecule is CC(C)(C)NCc1ccc(N2CCCC(O)C2)c(C#N)c1. The summed E-state index contributed by atoms with van der Waals surface area (Å²) in [6.45, 7) is 8.66. The van der Waals surface area contributed by atoms with Crippen molar-refractivity contribution < 1.29 is 5.11 Å². The smallest absolute Gasteiger partial charge is 0.101 e. The van der Waals surface area contributed by atoms with Crippen molar-refractivity contribution in [2.24, 2.45) is 0 Å². The maximum atomic E-state index is 9.80. The molecule has 1 unspecified atom stereocenters. The number of aliphatic hydroxyl groups excluding tert-OH is 1. The molecule has 1 aromatic rings. The first-order valence-corrected chi connectivity index (χ1v) is 7.60. The summed E-state index contributed by atoms with van der Waals surface area (Å²) in [6, 6.07) is 8.32. The Bertz CT molecular complexity index is 528. The second-order valence-electron chi connectivity index (χ2n) is 6.81. The minimum absolute atomic E-state index is 0.0580. The van der Waals surface area contributed by atoms with Gasteiger partial charge in [-0.1, -0.05) is 6.07 Å². The van der Waals surface area contributed by atoms with E-state index in [1.807, 2.05) is 12.1 Å². The average Bonchev–Trinajstić information content (AvgIpc) is 2.44. The van der Waals surface area contributed by atoms with Crippen LogP contribution in [0.5, 0.6) is 0 Å². The molecule has 0 amide bonds. The summed E-state index contributed by atoms with van der Waals surface area (Å²) in [7, 11) is 0. The zero-order valence-electron chi connectivity index (χ0n) is 13.2. The second-order valence-corrected chi connectivity index (χ2v) is 6.81. The topological polar surface area (TPSA) is 59.3 Å². The predicted octanol–water partition coefficient (Wildman–Crippen LogP) is 2.41. The summed E-state index contributed by atoms with van der Waals surface area (Å²) >= 11 is 0. The number of β-amino-alcohol motifs (C(OH)–C–C–N with tert-alkyl or cyclic N) is 1. The van der Waals surface area contributed by atoms with E-state index < -0.39 is 0 Å². The van der Waals surface area contributed by atoms with Crippen LogP contribution in [0.15, 0.2) is 18.2 Å². The fourth-order valence-electron chi connectivity index (χ4n) is 2.60. The first-order chi connectivity index (χ1) is 9.89. The molecule has 1 saturated heterocycles. The molecular weight excluding hydrogens is 262 g/mol. The largest absolute Gasteiger partial charge is 0.391 e. The van der Waals surface area contributed by atoms with E-state index in [1.165, 1.54) is 0 Å². The summed E-state index contributed by atoms with van der Waals surface area (Å²) < 4.78 is 0. The Hall–Kier alpha value is -1.57. The van der Waals surface area contributed by atoms with E-state index in [4.69, 9.17) is 0 Å². The third-order valence-electron chi connectivity index (χ3n) is 3.74. The molecular formula is C17H25N3O. The number of hydrogen-bond donors (Lipinski definition) is 2. The van der Waals surface area contributed by atoms with Crippen molar-refractivity contribution in [3.8, 4) is 6.07 Å². The molecule has 4 nitrogen and oxygen atoms in total. The van der Waals surface area contributed by atoms with Crippen molar-refractivity contribution in [2.75, 3.05) is 18.0 Å². The lowest BCUT2D eigenvalue weighted by molar-refractivity contribution is 0.154. The lowest BCUT2D eigenvalue weighted by atomic mass is 10.0. The highest BCUT2D eigenvalue weighted by atomic mass is 16.3. The van der Waals surface area contributed by atoms with E-state index in [9.17, 15) is 10.4 Å². The third-order valence-corrected chi connectivity index (χ3v) is 3.74. The molecule has 0 spiro atoms. The maximum Gasteiger partial charge on any atom is 0.101 e. The molecule has 1 fully saturated rings. The van der Waals surface area contributed by atoms with Crippen molar-refractivity contribution in [1.82, 2.24) is 5.32 Å². The standard InChI is InChI=1S/C17H25N3O/c1-17(2,3)19-11-13-6-7-16(14(9-13)10-18)20-8-4-5-15(21)12-20/h6-7,9,15,19,21H,4-5,8,11-12H2,1-3H3. The van der Waals surface area contributed by atoms with Crippen LogP contribution in [0.25, 0.3) is 0 Å². The molecule has 1 atom stereocenters. The Morgan fingerprint density at radius 2 is 2.19 bits per heavy atom. The van der Waals surface area contributed by atoms with Gasteiger partial charge in [0.2, 0.25) is 0 Å². The maximum absolute atomic E-state index is 9.80. The van der Waals surface area contributed by atoms with Crippen LogP contribution in [-0.2, 0) is 6.54 Å². The molecule has 114 valence electrons. The van der Waals surface area contributed by atoms with E-state index in [0.717, 1.165) is 37.2 Å². The number of nitrogens with zero attached hydrogens (tertiary/aromatic N) is 2. The Kier molecular flexibility index (Phi) is 4.87. The summed E-state index contributed by atoms with van der Waals surface area (Å²) in [6.07, 6.45) is 1.54. The van der Waals surface area contributed by atoms with Crippen LogP contribution in [0.1, 0.15) is 44.7 Å². The summed E-state index contributed by atoms with van der Waals surface area (Å²) in [5.74, 6) is 0. The van der Waals surface area contributed by atoms with Gasteiger partial charge in [-0.15, -0.1) is 0 Å². The van der Waals surface area contributed by atoms with Crippen molar-refractivity contribution in [1.29, 1.82) is 5.26 Å². The van der Waals surface area contributed by atoms with Crippen molar-refractivity contribution >= 4 is 5.69 Å². The molecule has 2 rings (SSSR count). The Balaban J connectivity index is 2.15. The van der Waals surface area contributed by atoms with Gasteiger partial charge in [-0.2, -0.15) is 5.26 Å². The molecule has 21 heavy (non-hydrogen) atoms. The minimum Gasteiger partial charge on any atom is -0.391 e. The first kappa shape index (κ1) is 15.8. The van der Waals surface area contributed by atoms with Crippen molar-refractivity contribution in [3.63, 3.8) is 0 Å². The summed E-state index contributed by atoms with van der Waals surface area (Å²) in [5.41, 5.74) is 2.80. The molecule has 4 heteroatoms. The van der Waals surface area contributed by atoms with Crippen molar-refractivity contribution in [3.05, 3.63) is 29.3 Å². The number of hydrogen-bond acceptors (Lipinski definition) is 4. The molecule has 1 heterocycles. The second kappa shape index (κ2) is 6.46. The lowest BCUT2D eigenvalue weighted by Gasteiger charge is -2.32. The van der Waals surface area contributed by atoms with Crippen LogP contribution in [0.2, 0.25) is 0 Å². The quantitative estimate of drug-likeness (QED) is 0.896. The van der Waals surface area contributed by atoms with E-state index in [1.54, 1.807) is 0 Å². The Labute approximate surface area is 127 Å². The normalized spacial score (nSPS) is 19.4. The molecule has 1 aliphatic rings. The monoisotopic (exact) mass is 287 g/mol. The van der Waals surface area contributed by atoms with Gasteiger partial charge in [0.15, 0.2) is 0 Å². The van der Waals surface area contributed by atoms with Gasteiger partial charge in [-0.3, -0.25) is 0 Å². The highest BCUT2D eigenvalue weighted by Crippen LogP contribution is 2.25. The third kappa shape index (κ3) is 4.45. The molecule has 0 aromatic heterocycles. The molecule has 0 bridgehead atoms. The van der Waals surface area contributed by atoms with Crippen LogP contribution in [0.4, 0.5) is 5.69 Å². The van der Waals surface area contributed by atoms with Crippen molar-refractivity contribution in [2.45, 2.75) is 51.8 Å². The molecule has 0 aliphatic carbocycles. The fraction of sp³-hybridized carbons (Fsp3) is 0.588. The van der Waals surface area contributed by atoms with Gasteiger partial charge in [0.1, 0.15) is 6.07 Å². The molecule has 0 saturated carbocycles. The number of aliphatic hydroxyl groups is 1. The summed E-state index contributed by atoms with van der Waals surface area (Å²) in [5, 5.41) is 22.6. The van der Waals surface area contributed by atoms with E-state index >= 15 is 0 Å². The number of anilines is 1. The van der Waals surface area contributed by atoms with Gasteiger partial charge in [0.05, 0.1) is 17.4 Å². The highest BCUT2D eigenvalue weighted by Gasteiger charge is 2.20. The van der Waals surface area contributed by atoms with Gasteiger partial charge in [0, 0.05) is 25.2 Å². The van der Waals surface area contributed by atoms with Crippen LogP contribution >= 0.6 is 0 Å². The molecule has 2 N–H and O–H groups in total. The van der Waals surface area contributed by atoms with Gasteiger partial charge in [-0.05, 0) is 51.3 Å². The van der Waals surface area contributed by atoms with Gasteiger partial charge in [-0.25, -0.2) is 0 Å². The molecule has 0 radical (unpaired) electrons. The van der Waals surface area contributed by atoms with Crippen LogP contribution < -0.4 is 10.2 Å². The zero-order chi connectivity index (χ0) is 15.5. The number of piperidine rings is 1. The zero-order valence-corrected chi connectivity index (χ0v) is 13.2. The fourth-order valence-corrected chi connectivity index (χ4v) is 2.60. The number of rotatable bonds is 3.